The molecule has 2 aromatic heterocycles. The van der Waals surface area contributed by atoms with Crippen molar-refractivity contribution in [3.63, 3.8) is 0 Å². The number of amides is 4. The highest BCUT2D eigenvalue weighted by Gasteiger charge is 2.53. The molecule has 27 heteroatoms. The fraction of sp³-hybridized carbons (Fsp3) is 0.279. The maximum Gasteiger partial charge on any atom is 0.495 e. The number of anilines is 8. The van der Waals surface area contributed by atoms with Crippen LogP contribution in [-0.2, 0) is 38.0 Å². The summed E-state index contributed by atoms with van der Waals surface area (Å²) >= 11 is 3.37. The molecule has 0 spiro atoms. The zero-order valence-corrected chi connectivity index (χ0v) is 57.3. The van der Waals surface area contributed by atoms with Gasteiger partial charge in [-0.25, -0.2) is 19.6 Å². The minimum atomic E-state index is -4.50. The first-order valence-corrected chi connectivity index (χ1v) is 30.5. The molecule has 0 saturated carbocycles. The number of carbonyl (C=O) groups is 2. The lowest BCUT2D eigenvalue weighted by atomic mass is 9.76. The predicted molar refractivity (Wildman–Crippen MR) is 376 cm³/mol. The molecule has 17 nitrogen and oxygen atoms in total. The number of nitrogens with two attached hydrogens (primary N) is 2. The van der Waals surface area contributed by atoms with E-state index < -0.39 is 53.9 Å². The molecule has 4 heterocycles. The normalized spacial score (nSPS) is 14.9. The molecular formula is C68H76B2BrF6N11O6S. The van der Waals surface area contributed by atoms with Gasteiger partial charge in [0.1, 0.15) is 0 Å². The number of aromatic nitrogens is 4. The first-order valence-electron chi connectivity index (χ1n) is 29.7. The third-order valence-corrected chi connectivity index (χ3v) is 17.1. The van der Waals surface area contributed by atoms with Gasteiger partial charge in [-0.05, 0) is 213 Å². The Hall–Kier alpha value is -8.59. The number of halogens is 7. The summed E-state index contributed by atoms with van der Waals surface area (Å²) in [6, 6.07) is 35.6. The Bertz CT molecular complexity index is 4200. The number of carbonyl (C=O) groups excluding carboxylic acids is 2. The van der Waals surface area contributed by atoms with Crippen LogP contribution in [-0.4, -0.2) is 68.5 Å². The second-order valence-electron chi connectivity index (χ2n) is 24.7. The van der Waals surface area contributed by atoms with Crippen LogP contribution < -0.4 is 49.0 Å². The molecule has 2 aliphatic rings. The number of hydrogen-bond acceptors (Lipinski definition) is 12. The molecule has 0 aliphatic carbocycles. The summed E-state index contributed by atoms with van der Waals surface area (Å²) < 4.78 is 104. The second kappa shape index (κ2) is 29.6. The van der Waals surface area contributed by atoms with E-state index in [0.717, 1.165) is 95.4 Å². The molecule has 2 saturated heterocycles. The average Bonchev–Trinajstić information content (AvgIpc) is 1.62. The number of aryl methyl sites for hydroxylation is 5. The molecule has 7 aromatic carbocycles. The van der Waals surface area contributed by atoms with E-state index in [9.17, 15) is 35.9 Å². The number of hydrogen-bond donors (Lipinski definition) is 7. The molecule has 0 radical (unpaired) electrons. The fourth-order valence-corrected chi connectivity index (χ4v) is 9.85. The van der Waals surface area contributed by atoms with Gasteiger partial charge in [-0.1, -0.05) is 69.5 Å². The van der Waals surface area contributed by atoms with Gasteiger partial charge >= 0.3 is 38.7 Å². The SMILES string of the molecule is Cc1ccc(N)cc1B1OC(C)(C)C(C)(C)O1.Cc1ccc(N)cc1Br.Cc1ccc(NC(=O)Nc2cccc(C(F)(F)F)c2)cc1-c1ccc2nc(Nc3cnn(C)c3)ncc2c1.Cc1ccc(NC(=O)Nc2cccc(C(F)(F)F)c2)cc1B1OC(C)(C)C(C)(C)O1.S. The average molecular weight is 1390 g/mol. The topological polar surface area (TPSA) is 227 Å². The lowest BCUT2D eigenvalue weighted by Gasteiger charge is -2.32. The Balaban J connectivity index is 0.000000198. The Morgan fingerprint density at radius 1 is 0.526 bits per heavy atom. The van der Waals surface area contributed by atoms with Crippen LogP contribution >= 0.6 is 29.4 Å². The van der Waals surface area contributed by atoms with Crippen molar-refractivity contribution in [1.29, 1.82) is 0 Å². The van der Waals surface area contributed by atoms with Crippen molar-refractivity contribution in [3.05, 3.63) is 196 Å². The summed E-state index contributed by atoms with van der Waals surface area (Å²) in [5, 5.41) is 18.3. The van der Waals surface area contributed by atoms with E-state index in [1.807, 2.05) is 135 Å². The second-order valence-corrected chi connectivity index (χ2v) is 25.6. The molecular weight excluding hydrogens is 1310 g/mol. The first kappa shape index (κ1) is 73.8. The number of benzene rings is 7. The molecule has 4 amide bonds. The highest BCUT2D eigenvalue weighted by atomic mass is 79.9. The van der Waals surface area contributed by atoms with Gasteiger partial charge in [-0.2, -0.15) is 44.9 Å². The van der Waals surface area contributed by atoms with Gasteiger partial charge in [-0.15, -0.1) is 0 Å². The molecule has 0 atom stereocenters. The van der Waals surface area contributed by atoms with Gasteiger partial charge < -0.3 is 56.7 Å². The van der Waals surface area contributed by atoms with Crippen LogP contribution in [0.2, 0.25) is 0 Å². The van der Waals surface area contributed by atoms with Crippen molar-refractivity contribution in [2.75, 3.05) is 38.1 Å². The maximum absolute atomic E-state index is 13.0. The summed E-state index contributed by atoms with van der Waals surface area (Å²) in [7, 11) is 0.898. The van der Waals surface area contributed by atoms with Gasteiger partial charge in [0.05, 0.1) is 50.9 Å². The van der Waals surface area contributed by atoms with Crippen LogP contribution in [0.5, 0.6) is 0 Å². The Morgan fingerprint density at radius 2 is 0.968 bits per heavy atom. The Labute approximate surface area is 564 Å². The number of rotatable bonds is 9. The number of nitrogen functional groups attached to an aromatic ring is 2. The van der Waals surface area contributed by atoms with Crippen molar-refractivity contribution in [2.24, 2.45) is 7.05 Å². The van der Waals surface area contributed by atoms with E-state index in [1.165, 1.54) is 29.8 Å². The van der Waals surface area contributed by atoms with Crippen molar-refractivity contribution in [3.8, 4) is 11.1 Å². The highest BCUT2D eigenvalue weighted by Crippen LogP contribution is 2.39. The fourth-order valence-electron chi connectivity index (χ4n) is 9.45. The van der Waals surface area contributed by atoms with Crippen LogP contribution in [0.4, 0.5) is 81.7 Å². The van der Waals surface area contributed by atoms with Gasteiger partial charge in [0.15, 0.2) is 0 Å². The third kappa shape index (κ3) is 19.1. The Morgan fingerprint density at radius 3 is 1.43 bits per heavy atom. The summed E-state index contributed by atoms with van der Waals surface area (Å²) in [6.45, 7) is 23.9. The first-order chi connectivity index (χ1) is 43.8. The van der Waals surface area contributed by atoms with Crippen LogP contribution in [0.15, 0.2) is 163 Å². The molecule has 9 N–H and O–H groups in total. The van der Waals surface area contributed by atoms with Crippen molar-refractivity contribution < 1.29 is 54.5 Å². The summed E-state index contributed by atoms with van der Waals surface area (Å²) in [5.74, 6) is 0.451. The summed E-state index contributed by atoms with van der Waals surface area (Å²) in [5.41, 5.74) is 19.9. The van der Waals surface area contributed by atoms with E-state index in [4.69, 9.17) is 30.1 Å². The molecule has 11 rings (SSSR count). The van der Waals surface area contributed by atoms with E-state index in [2.05, 4.69) is 85.3 Å². The monoisotopic (exact) mass is 1390 g/mol. The molecule has 95 heavy (non-hydrogen) atoms. The van der Waals surface area contributed by atoms with Gasteiger partial charge in [-0.3, -0.25) is 4.68 Å². The van der Waals surface area contributed by atoms with Crippen LogP contribution in [0, 0.1) is 27.7 Å². The summed E-state index contributed by atoms with van der Waals surface area (Å²) in [4.78, 5) is 33.7. The third-order valence-electron chi connectivity index (χ3n) is 16.3. The smallest absolute Gasteiger partial charge is 0.399 e. The number of alkyl halides is 6. The number of urea groups is 2. The van der Waals surface area contributed by atoms with E-state index >= 15 is 0 Å². The van der Waals surface area contributed by atoms with Crippen molar-refractivity contribution in [1.82, 2.24) is 19.7 Å². The van der Waals surface area contributed by atoms with E-state index in [-0.39, 0.29) is 43.2 Å². The lowest BCUT2D eigenvalue weighted by Crippen LogP contribution is -2.41. The minimum absolute atomic E-state index is 0. The number of nitrogens with one attached hydrogen (secondary N) is 5. The summed E-state index contributed by atoms with van der Waals surface area (Å²) in [6.07, 6.45) is -3.75. The van der Waals surface area contributed by atoms with Crippen molar-refractivity contribution in [2.45, 2.75) is 118 Å². The Kier molecular flexibility index (Phi) is 23.0. The lowest BCUT2D eigenvalue weighted by molar-refractivity contribution is -0.138. The van der Waals surface area contributed by atoms with Crippen LogP contribution in [0.3, 0.4) is 0 Å². The van der Waals surface area contributed by atoms with Crippen LogP contribution in [0.25, 0.3) is 22.0 Å². The largest absolute Gasteiger partial charge is 0.495 e. The highest BCUT2D eigenvalue weighted by molar-refractivity contribution is 9.10. The van der Waals surface area contributed by atoms with Gasteiger partial charge in [0.25, 0.3) is 0 Å². The van der Waals surface area contributed by atoms with E-state index in [0.29, 0.717) is 17.3 Å². The zero-order valence-electron chi connectivity index (χ0n) is 54.7. The molecule has 0 unspecified atom stereocenters. The minimum Gasteiger partial charge on any atom is -0.399 e. The molecule has 2 aliphatic heterocycles. The molecule has 500 valence electrons. The van der Waals surface area contributed by atoms with Gasteiger partial charge in [0.2, 0.25) is 5.95 Å². The van der Waals surface area contributed by atoms with E-state index in [1.54, 1.807) is 41.3 Å². The molecule has 9 aromatic rings. The van der Waals surface area contributed by atoms with Gasteiger partial charge in [0, 0.05) is 63.4 Å². The number of fused-ring (bicyclic) bond motifs is 1. The predicted octanol–water partition coefficient (Wildman–Crippen LogP) is 16.0. The van der Waals surface area contributed by atoms with Crippen molar-refractivity contribution >= 4 is 123 Å². The zero-order chi connectivity index (χ0) is 68.9. The maximum atomic E-state index is 13.0. The standard InChI is InChI=1S/C27H22F3N7O.C21H24BF3N2O3.C13H20BNO2.C7H8BrN.H2S/c1-16-6-8-21(35-26(38)34-20-5-3-4-19(11-20)27(28,29)30)12-23(16)17-7-9-24-18(10-17)13-31-25(36-24)33-22-14-32-37(2)15-22;1-13-9-10-16(12-17(13)22-29-19(2,3)20(4,5)30-22)27-18(28)26-15-8-6-7-14(11-15)21(23,24)25;1-9-6-7-10(15)8-11(9)14-16-12(2,3)13(4,5)17-14;1-5-2-3-6(9)4-7(5)8;/h3-15H,1-2H3,(H,31,33,36)(H2,34,35,38);6-12H,1-5H3,(H2,26,27,28);6-8H,15H2,1-5H3;2-4H,9H2,1H3;1H2. The molecule has 0 bridgehead atoms. The van der Waals surface area contributed by atoms with Crippen LogP contribution in [0.1, 0.15) is 88.8 Å². The number of nitrogens with zero attached hydrogens (tertiary/aromatic N) is 4. The quantitative estimate of drug-likeness (QED) is 0.0407. The molecule has 2 fully saturated rings.